The van der Waals surface area contributed by atoms with E-state index in [1.807, 2.05) is 0 Å². The normalized spacial score (nSPS) is 10.2. The van der Waals surface area contributed by atoms with Crippen LogP contribution in [0.25, 0.3) is 0 Å². The summed E-state index contributed by atoms with van der Waals surface area (Å²) < 4.78 is 30.1. The van der Waals surface area contributed by atoms with Crippen LogP contribution in [0.4, 0.5) is 4.39 Å². The van der Waals surface area contributed by atoms with Gasteiger partial charge in [-0.1, -0.05) is 15.9 Å². The van der Waals surface area contributed by atoms with Gasteiger partial charge in [0.25, 0.3) is 0 Å². The van der Waals surface area contributed by atoms with Crippen molar-refractivity contribution >= 4 is 21.7 Å². The molecule has 6 heteroatoms. The monoisotopic (exact) mass is 368 g/mol. The predicted molar refractivity (Wildman–Crippen MR) is 83.6 cm³/mol. The van der Waals surface area contributed by atoms with Gasteiger partial charge in [-0.3, -0.25) is 4.79 Å². The number of halogens is 2. The van der Waals surface area contributed by atoms with Gasteiger partial charge in [-0.25, -0.2) is 4.39 Å². The number of hydrogen-bond donors (Lipinski definition) is 0. The van der Waals surface area contributed by atoms with Crippen molar-refractivity contribution in [3.63, 3.8) is 0 Å². The summed E-state index contributed by atoms with van der Waals surface area (Å²) in [6.07, 6.45) is 0. The minimum atomic E-state index is -0.604. The number of carbonyl (C=O) groups is 1. The van der Waals surface area contributed by atoms with E-state index in [0.717, 1.165) is 0 Å². The van der Waals surface area contributed by atoms with Gasteiger partial charge in [0.15, 0.2) is 17.3 Å². The molecule has 0 saturated carbocycles. The third-order valence-corrected chi connectivity index (χ3v) is 3.60. The van der Waals surface area contributed by atoms with Crippen LogP contribution in [0, 0.1) is 5.82 Å². The van der Waals surface area contributed by atoms with Crippen LogP contribution in [0.5, 0.6) is 17.2 Å². The van der Waals surface area contributed by atoms with E-state index in [1.54, 1.807) is 6.07 Å². The molecular weight excluding hydrogens is 355 g/mol. The van der Waals surface area contributed by atoms with Gasteiger partial charge in [-0.05, 0) is 30.3 Å². The molecule has 0 spiro atoms. The van der Waals surface area contributed by atoms with Gasteiger partial charge in [0.05, 0.1) is 26.9 Å². The molecule has 0 N–H and O–H groups in total. The number of ketones is 1. The highest BCUT2D eigenvalue weighted by atomic mass is 79.9. The lowest BCUT2D eigenvalue weighted by Crippen LogP contribution is -2.06. The Hall–Kier alpha value is -2.08. The molecule has 0 unspecified atom stereocenters. The Labute approximate surface area is 135 Å². The summed E-state index contributed by atoms with van der Waals surface area (Å²) in [7, 11) is 4.37. The summed E-state index contributed by atoms with van der Waals surface area (Å²) in [5, 5.41) is 0. The summed E-state index contributed by atoms with van der Waals surface area (Å²) in [6, 6.07) is 7.25. The number of benzene rings is 2. The fourth-order valence-electron chi connectivity index (χ4n) is 2.04. The first-order valence-electron chi connectivity index (χ1n) is 6.31. The van der Waals surface area contributed by atoms with Gasteiger partial charge in [-0.15, -0.1) is 0 Å². The molecular formula is C16H14BrFO4. The quantitative estimate of drug-likeness (QED) is 0.752. The van der Waals surface area contributed by atoms with Gasteiger partial charge < -0.3 is 14.2 Å². The largest absolute Gasteiger partial charge is 0.493 e. The number of rotatable bonds is 5. The zero-order chi connectivity index (χ0) is 16.3. The maximum atomic E-state index is 14.0. The number of methoxy groups -OCH3 is 3. The Morgan fingerprint density at radius 3 is 2.05 bits per heavy atom. The second kappa shape index (κ2) is 6.79. The molecule has 2 rings (SSSR count). The first-order valence-corrected chi connectivity index (χ1v) is 7.10. The van der Waals surface area contributed by atoms with Crippen LogP contribution in [-0.2, 0) is 0 Å². The van der Waals surface area contributed by atoms with Crippen LogP contribution in [0.1, 0.15) is 15.9 Å². The average Bonchev–Trinajstić information content (AvgIpc) is 2.52. The predicted octanol–water partition coefficient (Wildman–Crippen LogP) is 3.85. The maximum Gasteiger partial charge on any atom is 0.203 e. The molecule has 0 aromatic heterocycles. The third-order valence-electron chi connectivity index (χ3n) is 3.10. The molecule has 0 aliphatic rings. The number of hydrogen-bond acceptors (Lipinski definition) is 4. The molecule has 0 saturated heterocycles. The lowest BCUT2D eigenvalue weighted by atomic mass is 10.0. The molecule has 0 bridgehead atoms. The van der Waals surface area contributed by atoms with Crippen LogP contribution in [0.15, 0.2) is 34.8 Å². The molecule has 0 aliphatic carbocycles. The Morgan fingerprint density at radius 2 is 1.59 bits per heavy atom. The highest BCUT2D eigenvalue weighted by molar-refractivity contribution is 9.10. The Morgan fingerprint density at radius 1 is 1.00 bits per heavy atom. The van der Waals surface area contributed by atoms with Gasteiger partial charge >= 0.3 is 0 Å². The first-order chi connectivity index (χ1) is 10.5. The summed E-state index contributed by atoms with van der Waals surface area (Å²) in [6.45, 7) is 0. The van der Waals surface area contributed by atoms with Gasteiger partial charge in [0.1, 0.15) is 5.82 Å². The Bertz CT molecular complexity index is 690. The second-order valence-corrected chi connectivity index (χ2v) is 5.28. The Kier molecular flexibility index (Phi) is 5.03. The topological polar surface area (TPSA) is 44.8 Å². The van der Waals surface area contributed by atoms with Crippen LogP contribution in [-0.4, -0.2) is 27.1 Å². The lowest BCUT2D eigenvalue weighted by molar-refractivity contribution is 0.103. The second-order valence-electron chi connectivity index (χ2n) is 4.37. The number of carbonyl (C=O) groups excluding carboxylic acids is 1. The summed E-state index contributed by atoms with van der Waals surface area (Å²) in [5.41, 5.74) is 0.216. The van der Waals surface area contributed by atoms with E-state index in [0.29, 0.717) is 21.7 Å². The SMILES string of the molecule is COc1cc(C(=O)c2ccc(Br)cc2F)cc(OC)c1OC. The van der Waals surface area contributed by atoms with E-state index < -0.39 is 11.6 Å². The molecule has 2 aromatic rings. The minimum Gasteiger partial charge on any atom is -0.493 e. The highest BCUT2D eigenvalue weighted by Crippen LogP contribution is 2.38. The Balaban J connectivity index is 2.54. The van der Waals surface area contributed by atoms with E-state index in [9.17, 15) is 9.18 Å². The van der Waals surface area contributed by atoms with E-state index in [2.05, 4.69) is 15.9 Å². The molecule has 0 fully saturated rings. The summed E-state index contributed by atoms with van der Waals surface area (Å²) in [4.78, 5) is 12.5. The number of ether oxygens (including phenoxy) is 3. The van der Waals surface area contributed by atoms with Gasteiger partial charge in [0, 0.05) is 10.0 Å². The van der Waals surface area contributed by atoms with Gasteiger partial charge in [-0.2, -0.15) is 0 Å². The molecule has 22 heavy (non-hydrogen) atoms. The minimum absolute atomic E-state index is 0.0301. The van der Waals surface area contributed by atoms with E-state index in [1.165, 1.54) is 45.6 Å². The van der Waals surface area contributed by atoms with Gasteiger partial charge in [0.2, 0.25) is 5.75 Å². The molecule has 4 nitrogen and oxygen atoms in total. The first kappa shape index (κ1) is 16.3. The van der Waals surface area contributed by atoms with Crippen molar-refractivity contribution in [3.05, 3.63) is 51.7 Å². The standard InChI is InChI=1S/C16H14BrFO4/c1-20-13-6-9(7-14(21-2)16(13)22-3)15(19)11-5-4-10(17)8-12(11)18/h4-8H,1-3H3. The van der Waals surface area contributed by atoms with Crippen molar-refractivity contribution in [1.82, 2.24) is 0 Å². The molecule has 0 amide bonds. The van der Waals surface area contributed by atoms with E-state index in [4.69, 9.17) is 14.2 Å². The van der Waals surface area contributed by atoms with Crippen molar-refractivity contribution in [2.45, 2.75) is 0 Å². The van der Waals surface area contributed by atoms with Crippen molar-refractivity contribution < 1.29 is 23.4 Å². The van der Waals surface area contributed by atoms with Crippen molar-refractivity contribution in [1.29, 1.82) is 0 Å². The fourth-order valence-corrected chi connectivity index (χ4v) is 2.37. The molecule has 2 aromatic carbocycles. The van der Waals surface area contributed by atoms with Crippen molar-refractivity contribution in [3.8, 4) is 17.2 Å². The van der Waals surface area contributed by atoms with E-state index >= 15 is 0 Å². The average molecular weight is 369 g/mol. The maximum absolute atomic E-state index is 14.0. The summed E-state index contributed by atoms with van der Waals surface area (Å²) >= 11 is 3.16. The van der Waals surface area contributed by atoms with Crippen molar-refractivity contribution in [2.24, 2.45) is 0 Å². The van der Waals surface area contributed by atoms with Crippen LogP contribution in [0.3, 0.4) is 0 Å². The van der Waals surface area contributed by atoms with Crippen LogP contribution < -0.4 is 14.2 Å². The molecule has 0 atom stereocenters. The third kappa shape index (κ3) is 3.06. The highest BCUT2D eigenvalue weighted by Gasteiger charge is 2.20. The zero-order valence-corrected chi connectivity index (χ0v) is 13.9. The van der Waals surface area contributed by atoms with Crippen molar-refractivity contribution in [2.75, 3.05) is 21.3 Å². The lowest BCUT2D eigenvalue weighted by Gasteiger charge is -2.14. The fraction of sp³-hybridized carbons (Fsp3) is 0.188. The smallest absolute Gasteiger partial charge is 0.203 e. The van der Waals surface area contributed by atoms with E-state index in [-0.39, 0.29) is 11.1 Å². The molecule has 116 valence electrons. The van der Waals surface area contributed by atoms with Crippen LogP contribution >= 0.6 is 15.9 Å². The zero-order valence-electron chi connectivity index (χ0n) is 12.3. The molecule has 0 aliphatic heterocycles. The molecule has 0 heterocycles. The molecule has 0 radical (unpaired) electrons. The summed E-state index contributed by atoms with van der Waals surface area (Å²) in [5.74, 6) is -0.0272. The van der Waals surface area contributed by atoms with Crippen LogP contribution in [0.2, 0.25) is 0 Å².